The minimum absolute atomic E-state index is 0.436. The molecule has 0 aliphatic rings. The van der Waals surface area contributed by atoms with E-state index in [4.69, 9.17) is 5.21 Å². The molecule has 0 atom stereocenters. The van der Waals surface area contributed by atoms with Gasteiger partial charge in [-0.05, 0) is 37.1 Å². The highest BCUT2D eigenvalue weighted by atomic mass is 16.5. The van der Waals surface area contributed by atoms with Crippen molar-refractivity contribution in [2.45, 2.75) is 13.8 Å². The number of rotatable bonds is 2. The van der Waals surface area contributed by atoms with Gasteiger partial charge in [-0.3, -0.25) is 10.0 Å². The van der Waals surface area contributed by atoms with Crippen molar-refractivity contribution in [3.63, 3.8) is 0 Å². The van der Waals surface area contributed by atoms with Crippen LogP contribution in [0.4, 0.5) is 0 Å². The third kappa shape index (κ3) is 2.57. The minimum Gasteiger partial charge on any atom is -0.288 e. The van der Waals surface area contributed by atoms with E-state index in [1.54, 1.807) is 17.6 Å². The zero-order chi connectivity index (χ0) is 13.1. The zero-order valence-corrected chi connectivity index (χ0v) is 10.4. The Balaban J connectivity index is 2.37. The molecule has 1 amide bonds. The second-order valence-corrected chi connectivity index (χ2v) is 4.39. The summed E-state index contributed by atoms with van der Waals surface area (Å²) in [4.78, 5) is 11.2. The highest BCUT2D eigenvalue weighted by Crippen LogP contribution is 2.22. The molecule has 2 N–H and O–H groups in total. The van der Waals surface area contributed by atoms with Crippen LogP contribution in [0.1, 0.15) is 21.5 Å². The fourth-order valence-electron chi connectivity index (χ4n) is 2.02. The van der Waals surface area contributed by atoms with Gasteiger partial charge in [0.25, 0.3) is 5.91 Å². The molecule has 3 nitrogen and oxygen atoms in total. The number of hydroxylamine groups is 1. The number of carbonyl (C=O) groups is 1. The fourth-order valence-corrected chi connectivity index (χ4v) is 2.02. The van der Waals surface area contributed by atoms with Gasteiger partial charge in [0.2, 0.25) is 0 Å². The predicted molar refractivity (Wildman–Crippen MR) is 70.6 cm³/mol. The van der Waals surface area contributed by atoms with Gasteiger partial charge in [-0.25, -0.2) is 5.48 Å². The lowest BCUT2D eigenvalue weighted by Gasteiger charge is -2.06. The Labute approximate surface area is 106 Å². The molecule has 2 aromatic carbocycles. The lowest BCUT2D eigenvalue weighted by atomic mass is 10.00. The molecule has 3 heteroatoms. The van der Waals surface area contributed by atoms with E-state index in [1.807, 2.05) is 12.1 Å². The van der Waals surface area contributed by atoms with E-state index >= 15 is 0 Å². The summed E-state index contributed by atoms with van der Waals surface area (Å²) in [6.45, 7) is 4.12. The maximum Gasteiger partial charge on any atom is 0.274 e. The second kappa shape index (κ2) is 5.02. The Kier molecular flexibility index (Phi) is 3.44. The molecule has 0 spiro atoms. The van der Waals surface area contributed by atoms with E-state index in [0.717, 1.165) is 11.1 Å². The van der Waals surface area contributed by atoms with Crippen LogP contribution in [0.2, 0.25) is 0 Å². The second-order valence-electron chi connectivity index (χ2n) is 4.39. The number of hydrogen-bond acceptors (Lipinski definition) is 2. The van der Waals surface area contributed by atoms with Crippen LogP contribution in [0.3, 0.4) is 0 Å². The smallest absolute Gasteiger partial charge is 0.274 e. The van der Waals surface area contributed by atoms with Crippen molar-refractivity contribution >= 4 is 5.91 Å². The molecule has 0 aromatic heterocycles. The van der Waals surface area contributed by atoms with Crippen molar-refractivity contribution in [3.05, 3.63) is 59.2 Å². The average molecular weight is 241 g/mol. The first-order valence-corrected chi connectivity index (χ1v) is 5.73. The summed E-state index contributed by atoms with van der Waals surface area (Å²) >= 11 is 0. The first kappa shape index (κ1) is 12.3. The molecule has 0 saturated heterocycles. The quantitative estimate of drug-likeness (QED) is 0.627. The summed E-state index contributed by atoms with van der Waals surface area (Å²) in [5, 5.41) is 8.55. The third-order valence-corrected chi connectivity index (χ3v) is 2.80. The standard InChI is InChI=1S/C15H15NO2/c1-10-7-11(2)9-14(8-10)12-3-5-13(6-4-12)15(17)16-18/h3-9,18H,1-2H3,(H,16,17). The van der Waals surface area contributed by atoms with Gasteiger partial charge in [-0.1, -0.05) is 41.5 Å². The molecule has 2 rings (SSSR count). The van der Waals surface area contributed by atoms with Gasteiger partial charge in [0.15, 0.2) is 0 Å². The maximum atomic E-state index is 11.2. The van der Waals surface area contributed by atoms with Crippen molar-refractivity contribution in [1.29, 1.82) is 0 Å². The molecule has 0 aliphatic heterocycles. The van der Waals surface area contributed by atoms with E-state index in [2.05, 4.69) is 32.0 Å². The molecular formula is C15H15NO2. The zero-order valence-electron chi connectivity index (χ0n) is 10.4. The van der Waals surface area contributed by atoms with E-state index in [0.29, 0.717) is 5.56 Å². The summed E-state index contributed by atoms with van der Waals surface area (Å²) in [6, 6.07) is 13.5. The summed E-state index contributed by atoms with van der Waals surface area (Å²) in [5.74, 6) is -0.498. The molecule has 0 unspecified atom stereocenters. The lowest BCUT2D eigenvalue weighted by molar-refractivity contribution is 0.0706. The average Bonchev–Trinajstić information content (AvgIpc) is 2.37. The third-order valence-electron chi connectivity index (χ3n) is 2.80. The van der Waals surface area contributed by atoms with E-state index in [1.165, 1.54) is 11.1 Å². The van der Waals surface area contributed by atoms with Crippen LogP contribution < -0.4 is 5.48 Å². The maximum absolute atomic E-state index is 11.2. The molecule has 0 fully saturated rings. The van der Waals surface area contributed by atoms with E-state index in [9.17, 15) is 4.79 Å². The number of carbonyl (C=O) groups excluding carboxylic acids is 1. The summed E-state index contributed by atoms with van der Waals surface area (Å²) in [6.07, 6.45) is 0. The van der Waals surface area contributed by atoms with Crippen LogP contribution >= 0.6 is 0 Å². The van der Waals surface area contributed by atoms with Crippen LogP contribution in [-0.4, -0.2) is 11.1 Å². The van der Waals surface area contributed by atoms with Crippen LogP contribution in [0.25, 0.3) is 11.1 Å². The fraction of sp³-hybridized carbons (Fsp3) is 0.133. The predicted octanol–water partition coefficient (Wildman–Crippen LogP) is 3.09. The molecule has 0 heterocycles. The van der Waals surface area contributed by atoms with Gasteiger partial charge < -0.3 is 0 Å². The van der Waals surface area contributed by atoms with Crippen molar-refractivity contribution in [2.24, 2.45) is 0 Å². The van der Waals surface area contributed by atoms with Crippen molar-refractivity contribution in [3.8, 4) is 11.1 Å². The largest absolute Gasteiger partial charge is 0.288 e. The topological polar surface area (TPSA) is 49.3 Å². The lowest BCUT2D eigenvalue weighted by Crippen LogP contribution is -2.18. The summed E-state index contributed by atoms with van der Waals surface area (Å²) < 4.78 is 0. The Hall–Kier alpha value is -2.13. The minimum atomic E-state index is -0.498. The van der Waals surface area contributed by atoms with Gasteiger partial charge in [0.05, 0.1) is 0 Å². The summed E-state index contributed by atoms with van der Waals surface area (Å²) in [7, 11) is 0. The Morgan fingerprint density at radius 2 is 1.50 bits per heavy atom. The normalized spacial score (nSPS) is 10.2. The monoisotopic (exact) mass is 241 g/mol. The number of nitrogens with one attached hydrogen (secondary N) is 1. The van der Waals surface area contributed by atoms with E-state index in [-0.39, 0.29) is 0 Å². The van der Waals surface area contributed by atoms with E-state index < -0.39 is 5.91 Å². The Morgan fingerprint density at radius 3 is 2.00 bits per heavy atom. The highest BCUT2D eigenvalue weighted by molar-refractivity contribution is 5.93. The molecule has 0 bridgehead atoms. The van der Waals surface area contributed by atoms with Crippen molar-refractivity contribution in [1.82, 2.24) is 5.48 Å². The molecule has 0 radical (unpaired) electrons. The van der Waals surface area contributed by atoms with Crippen LogP contribution in [0.15, 0.2) is 42.5 Å². The molecule has 0 saturated carbocycles. The number of amides is 1. The van der Waals surface area contributed by atoms with Crippen LogP contribution in [0.5, 0.6) is 0 Å². The summed E-state index contributed by atoms with van der Waals surface area (Å²) in [5.41, 5.74) is 6.66. The van der Waals surface area contributed by atoms with Gasteiger partial charge >= 0.3 is 0 Å². The number of benzene rings is 2. The Morgan fingerprint density at radius 1 is 0.944 bits per heavy atom. The molecule has 2 aromatic rings. The highest BCUT2D eigenvalue weighted by Gasteiger charge is 2.04. The van der Waals surface area contributed by atoms with Gasteiger partial charge in [-0.15, -0.1) is 0 Å². The molecule has 92 valence electrons. The molecular weight excluding hydrogens is 226 g/mol. The number of aryl methyl sites for hydroxylation is 2. The first-order chi connectivity index (χ1) is 8.60. The number of hydrogen-bond donors (Lipinski definition) is 2. The van der Waals surface area contributed by atoms with Crippen LogP contribution in [0, 0.1) is 13.8 Å². The van der Waals surface area contributed by atoms with Crippen molar-refractivity contribution < 1.29 is 10.0 Å². The molecule has 0 aliphatic carbocycles. The van der Waals surface area contributed by atoms with Crippen molar-refractivity contribution in [2.75, 3.05) is 0 Å². The van der Waals surface area contributed by atoms with Gasteiger partial charge in [0.1, 0.15) is 0 Å². The van der Waals surface area contributed by atoms with Crippen LogP contribution in [-0.2, 0) is 0 Å². The molecule has 18 heavy (non-hydrogen) atoms. The Bertz CT molecular complexity index is 553. The first-order valence-electron chi connectivity index (χ1n) is 5.73. The SMILES string of the molecule is Cc1cc(C)cc(-c2ccc(C(=O)NO)cc2)c1. The van der Waals surface area contributed by atoms with Gasteiger partial charge in [-0.2, -0.15) is 0 Å². The van der Waals surface area contributed by atoms with Gasteiger partial charge in [0, 0.05) is 5.56 Å².